The molecule has 0 saturated heterocycles. The molecule has 0 radical (unpaired) electrons. The molecule has 0 spiro atoms. The lowest BCUT2D eigenvalue weighted by Crippen LogP contribution is -2.27. The molecule has 84 valence electrons. The van der Waals surface area contributed by atoms with Crippen LogP contribution in [0.1, 0.15) is 31.2 Å². The highest BCUT2D eigenvalue weighted by atomic mass is 35.5. The van der Waals surface area contributed by atoms with Crippen LogP contribution in [0, 0.1) is 5.92 Å². The summed E-state index contributed by atoms with van der Waals surface area (Å²) >= 11 is 0. The van der Waals surface area contributed by atoms with Gasteiger partial charge in [-0.2, -0.15) is 0 Å². The fourth-order valence-electron chi connectivity index (χ4n) is 2.34. The van der Waals surface area contributed by atoms with Gasteiger partial charge in [-0.15, -0.1) is 12.4 Å². The van der Waals surface area contributed by atoms with Gasteiger partial charge >= 0.3 is 0 Å². The molecule has 0 unspecified atom stereocenters. The monoisotopic (exact) mass is 225 g/mol. The van der Waals surface area contributed by atoms with Crippen LogP contribution in [0.25, 0.3) is 0 Å². The first-order valence-corrected chi connectivity index (χ1v) is 5.64. The van der Waals surface area contributed by atoms with Crippen molar-refractivity contribution in [1.82, 2.24) is 0 Å². The third-order valence-electron chi connectivity index (χ3n) is 3.26. The van der Waals surface area contributed by atoms with Crippen LogP contribution in [0.15, 0.2) is 30.3 Å². The number of hydrogen-bond acceptors (Lipinski definition) is 1. The molecule has 0 bridgehead atoms. The zero-order chi connectivity index (χ0) is 9.80. The van der Waals surface area contributed by atoms with Gasteiger partial charge in [0.05, 0.1) is 0 Å². The minimum atomic E-state index is 0. The average molecular weight is 226 g/mol. The molecule has 0 aliphatic heterocycles. The number of hydrogen-bond donors (Lipinski definition) is 1. The van der Waals surface area contributed by atoms with Crippen molar-refractivity contribution in [1.29, 1.82) is 0 Å². The summed E-state index contributed by atoms with van der Waals surface area (Å²) in [7, 11) is 0. The minimum Gasteiger partial charge on any atom is -0.328 e. The molecular weight excluding hydrogens is 206 g/mol. The normalized spacial score (nSPS) is 25.7. The first kappa shape index (κ1) is 12.5. The van der Waals surface area contributed by atoms with E-state index in [1.165, 1.54) is 37.7 Å². The van der Waals surface area contributed by atoms with E-state index >= 15 is 0 Å². The Labute approximate surface area is 98.5 Å². The molecule has 1 aliphatic carbocycles. The SMILES string of the molecule is Cl.N[C@H]1CC[C@@H](Cc2ccccc2)CC1. The maximum absolute atomic E-state index is 5.89. The van der Waals surface area contributed by atoms with E-state index in [0.29, 0.717) is 6.04 Å². The van der Waals surface area contributed by atoms with Crippen molar-refractivity contribution in [3.8, 4) is 0 Å². The van der Waals surface area contributed by atoms with E-state index in [0.717, 1.165) is 5.92 Å². The van der Waals surface area contributed by atoms with Gasteiger partial charge in [0.1, 0.15) is 0 Å². The second-order valence-electron chi connectivity index (χ2n) is 4.47. The Balaban J connectivity index is 0.00000112. The summed E-state index contributed by atoms with van der Waals surface area (Å²) in [6, 6.07) is 11.3. The molecule has 0 aromatic heterocycles. The third-order valence-corrected chi connectivity index (χ3v) is 3.26. The molecule has 1 aliphatic rings. The Morgan fingerprint density at radius 3 is 2.20 bits per heavy atom. The lowest BCUT2D eigenvalue weighted by molar-refractivity contribution is 0.325. The van der Waals surface area contributed by atoms with Crippen molar-refractivity contribution in [2.75, 3.05) is 0 Å². The van der Waals surface area contributed by atoms with E-state index in [1.807, 2.05) is 0 Å². The van der Waals surface area contributed by atoms with Gasteiger partial charge in [-0.05, 0) is 43.6 Å². The van der Waals surface area contributed by atoms with Crippen LogP contribution in [0.3, 0.4) is 0 Å². The summed E-state index contributed by atoms with van der Waals surface area (Å²) in [5.74, 6) is 0.872. The van der Waals surface area contributed by atoms with Crippen LogP contribution in [-0.2, 0) is 6.42 Å². The van der Waals surface area contributed by atoms with Crippen molar-refractivity contribution >= 4 is 12.4 Å². The Kier molecular flexibility index (Phi) is 5.13. The van der Waals surface area contributed by atoms with Gasteiger partial charge in [0.15, 0.2) is 0 Å². The quantitative estimate of drug-likeness (QED) is 0.822. The molecule has 0 heterocycles. The Morgan fingerprint density at radius 1 is 1.00 bits per heavy atom. The molecule has 1 aromatic rings. The van der Waals surface area contributed by atoms with E-state index in [4.69, 9.17) is 5.73 Å². The number of benzene rings is 1. The zero-order valence-electron chi connectivity index (χ0n) is 9.06. The summed E-state index contributed by atoms with van der Waals surface area (Å²) in [5.41, 5.74) is 7.37. The molecule has 1 nitrogen and oxygen atoms in total. The number of halogens is 1. The molecule has 0 atom stereocenters. The molecule has 2 heteroatoms. The lowest BCUT2D eigenvalue weighted by Gasteiger charge is -2.25. The molecule has 0 amide bonds. The first-order valence-electron chi connectivity index (χ1n) is 5.64. The second kappa shape index (κ2) is 6.14. The van der Waals surface area contributed by atoms with Crippen molar-refractivity contribution < 1.29 is 0 Å². The zero-order valence-corrected chi connectivity index (χ0v) is 9.88. The van der Waals surface area contributed by atoms with E-state index in [1.54, 1.807) is 0 Å². The van der Waals surface area contributed by atoms with Gasteiger partial charge in [0.2, 0.25) is 0 Å². The van der Waals surface area contributed by atoms with Gasteiger partial charge < -0.3 is 5.73 Å². The highest BCUT2D eigenvalue weighted by Gasteiger charge is 2.18. The Bertz CT molecular complexity index is 265. The number of nitrogens with two attached hydrogens (primary N) is 1. The molecular formula is C13H20ClN. The predicted octanol–water partition coefficient (Wildman–Crippen LogP) is 3.17. The van der Waals surface area contributed by atoms with Gasteiger partial charge in [0, 0.05) is 6.04 Å². The van der Waals surface area contributed by atoms with E-state index in [9.17, 15) is 0 Å². The van der Waals surface area contributed by atoms with E-state index in [-0.39, 0.29) is 12.4 Å². The molecule has 15 heavy (non-hydrogen) atoms. The van der Waals surface area contributed by atoms with Gasteiger partial charge in [-0.25, -0.2) is 0 Å². The highest BCUT2D eigenvalue weighted by Crippen LogP contribution is 2.26. The summed E-state index contributed by atoms with van der Waals surface area (Å²) in [6.07, 6.45) is 6.31. The van der Waals surface area contributed by atoms with Gasteiger partial charge in [-0.3, -0.25) is 0 Å². The van der Waals surface area contributed by atoms with E-state index in [2.05, 4.69) is 30.3 Å². The summed E-state index contributed by atoms with van der Waals surface area (Å²) in [5, 5.41) is 0. The summed E-state index contributed by atoms with van der Waals surface area (Å²) < 4.78 is 0. The van der Waals surface area contributed by atoms with Gasteiger partial charge in [-0.1, -0.05) is 30.3 Å². The van der Waals surface area contributed by atoms with Crippen molar-refractivity contribution in [2.24, 2.45) is 11.7 Å². The van der Waals surface area contributed by atoms with Gasteiger partial charge in [0.25, 0.3) is 0 Å². The largest absolute Gasteiger partial charge is 0.328 e. The molecule has 1 aromatic carbocycles. The fourth-order valence-corrected chi connectivity index (χ4v) is 2.34. The second-order valence-corrected chi connectivity index (χ2v) is 4.47. The van der Waals surface area contributed by atoms with Crippen LogP contribution >= 0.6 is 12.4 Å². The number of rotatable bonds is 2. The maximum Gasteiger partial charge on any atom is 0.00390 e. The minimum absolute atomic E-state index is 0. The topological polar surface area (TPSA) is 26.0 Å². The van der Waals surface area contributed by atoms with Crippen LogP contribution in [0.5, 0.6) is 0 Å². The van der Waals surface area contributed by atoms with E-state index < -0.39 is 0 Å². The van der Waals surface area contributed by atoms with Crippen molar-refractivity contribution in [2.45, 2.75) is 38.1 Å². The fraction of sp³-hybridized carbons (Fsp3) is 0.538. The summed E-state index contributed by atoms with van der Waals surface area (Å²) in [6.45, 7) is 0. The highest BCUT2D eigenvalue weighted by molar-refractivity contribution is 5.85. The van der Waals surface area contributed by atoms with Crippen LogP contribution in [0.2, 0.25) is 0 Å². The molecule has 2 N–H and O–H groups in total. The predicted molar refractivity (Wildman–Crippen MR) is 67.3 cm³/mol. The van der Waals surface area contributed by atoms with Crippen LogP contribution < -0.4 is 5.73 Å². The van der Waals surface area contributed by atoms with Crippen molar-refractivity contribution in [3.05, 3.63) is 35.9 Å². The van der Waals surface area contributed by atoms with Crippen molar-refractivity contribution in [3.63, 3.8) is 0 Å². The third kappa shape index (κ3) is 3.84. The van der Waals surface area contributed by atoms with Crippen LogP contribution in [-0.4, -0.2) is 6.04 Å². The Morgan fingerprint density at radius 2 is 1.60 bits per heavy atom. The average Bonchev–Trinajstić information content (AvgIpc) is 2.23. The molecule has 1 fully saturated rings. The molecule has 2 rings (SSSR count). The smallest absolute Gasteiger partial charge is 0.00390 e. The maximum atomic E-state index is 5.89. The van der Waals surface area contributed by atoms with Crippen LogP contribution in [0.4, 0.5) is 0 Å². The standard InChI is InChI=1S/C13H19N.ClH/c14-13-8-6-12(7-9-13)10-11-4-2-1-3-5-11;/h1-5,12-13H,6-10,14H2;1H/t12-,13+;. The first-order chi connectivity index (χ1) is 6.84. The lowest BCUT2D eigenvalue weighted by atomic mass is 9.83. The molecule has 1 saturated carbocycles. The summed E-state index contributed by atoms with van der Waals surface area (Å²) in [4.78, 5) is 0. The Hall–Kier alpha value is -0.530.